The molecule has 0 radical (unpaired) electrons. The van der Waals surface area contributed by atoms with E-state index in [2.05, 4.69) is 79.1 Å². The van der Waals surface area contributed by atoms with Gasteiger partial charge in [0.2, 0.25) is 0 Å². The number of benzene rings is 1. The van der Waals surface area contributed by atoms with Gasteiger partial charge in [-0.25, -0.2) is 0 Å². The topological polar surface area (TPSA) is 47.6 Å². The van der Waals surface area contributed by atoms with Crippen LogP contribution in [0.3, 0.4) is 0 Å². The number of fused-ring (bicyclic) bond motifs is 3. The number of hydrogen-bond donors (Lipinski definition) is 1. The van der Waals surface area contributed by atoms with Gasteiger partial charge in [0.15, 0.2) is 16.6 Å². The van der Waals surface area contributed by atoms with Gasteiger partial charge in [0.1, 0.15) is 0 Å². The van der Waals surface area contributed by atoms with E-state index in [1.807, 2.05) is 18.2 Å². The van der Waals surface area contributed by atoms with Crippen LogP contribution in [0.25, 0.3) is 0 Å². The summed E-state index contributed by atoms with van der Waals surface area (Å²) in [4.78, 5) is 12.8. The molecule has 0 aromatic heterocycles. The number of carbonyl (C=O) groups excluding carboxylic acids is 1. The van der Waals surface area contributed by atoms with Gasteiger partial charge in [-0.2, -0.15) is 0 Å². The zero-order valence-corrected chi connectivity index (χ0v) is 22.6. The van der Waals surface area contributed by atoms with Crippen LogP contribution in [0.2, 0.25) is 36.3 Å². The Morgan fingerprint density at radius 2 is 1.37 bits per heavy atom. The number of hydrogen-bond acceptors (Lipinski definition) is 3. The quantitative estimate of drug-likeness (QED) is 0.550. The first kappa shape index (κ1) is 23.7. The van der Waals surface area contributed by atoms with E-state index in [1.54, 1.807) is 0 Å². The standard InChI is InChI=1S/C24H41NO3Si2/c1-22(2,3)29(7,8)27-15-24(16-28-30(9,10)23(4,5)6)19-17-13-11-12-14-18(17)21(26)25-20(19)24/h11-14,19-20H,15-16H2,1-10H3,(H,25,26)/t19-,20+/m1/s1. The lowest BCUT2D eigenvalue weighted by Crippen LogP contribution is -2.46. The van der Waals surface area contributed by atoms with Gasteiger partial charge in [0, 0.05) is 36.2 Å². The molecule has 1 fully saturated rings. The van der Waals surface area contributed by atoms with Crippen LogP contribution in [0, 0.1) is 5.41 Å². The van der Waals surface area contributed by atoms with Crippen molar-refractivity contribution < 1.29 is 13.6 Å². The fraction of sp³-hybridized carbons (Fsp3) is 0.708. The van der Waals surface area contributed by atoms with E-state index in [-0.39, 0.29) is 33.4 Å². The Morgan fingerprint density at radius 3 is 1.83 bits per heavy atom. The van der Waals surface area contributed by atoms with Crippen LogP contribution < -0.4 is 5.32 Å². The molecule has 0 saturated heterocycles. The second kappa shape index (κ2) is 7.29. The number of carbonyl (C=O) groups is 1. The molecule has 2 atom stereocenters. The summed E-state index contributed by atoms with van der Waals surface area (Å²) in [6.45, 7) is 24.1. The first-order valence-electron chi connectivity index (χ1n) is 11.2. The Labute approximate surface area is 185 Å². The Balaban J connectivity index is 1.91. The Kier molecular flexibility index (Phi) is 5.76. The first-order valence-corrected chi connectivity index (χ1v) is 17.0. The highest BCUT2D eigenvalue weighted by Gasteiger charge is 2.69. The fourth-order valence-corrected chi connectivity index (χ4v) is 5.99. The lowest BCUT2D eigenvalue weighted by molar-refractivity contribution is 0.0925. The van der Waals surface area contributed by atoms with Crippen LogP contribution in [0.5, 0.6) is 0 Å². The third kappa shape index (κ3) is 3.96. The lowest BCUT2D eigenvalue weighted by Gasteiger charge is -2.40. The van der Waals surface area contributed by atoms with E-state index in [0.717, 1.165) is 11.1 Å². The van der Waals surface area contributed by atoms with Crippen molar-refractivity contribution in [3.8, 4) is 0 Å². The van der Waals surface area contributed by atoms with Crippen molar-refractivity contribution in [3.05, 3.63) is 35.4 Å². The lowest BCUT2D eigenvalue weighted by atomic mass is 9.96. The second-order valence-electron chi connectivity index (χ2n) is 12.3. The predicted molar refractivity (Wildman–Crippen MR) is 129 cm³/mol. The molecular formula is C24H41NO3Si2. The average molecular weight is 448 g/mol. The monoisotopic (exact) mass is 447 g/mol. The molecule has 3 rings (SSSR count). The smallest absolute Gasteiger partial charge is 0.251 e. The average Bonchev–Trinajstić information content (AvgIpc) is 3.24. The van der Waals surface area contributed by atoms with Crippen molar-refractivity contribution in [3.63, 3.8) is 0 Å². The molecule has 1 saturated carbocycles. The summed E-state index contributed by atoms with van der Waals surface area (Å²) in [6.07, 6.45) is 0. The van der Waals surface area contributed by atoms with Crippen LogP contribution in [-0.4, -0.2) is 41.8 Å². The predicted octanol–water partition coefficient (Wildman–Crippen LogP) is 5.93. The summed E-state index contributed by atoms with van der Waals surface area (Å²) in [5, 5.41) is 3.58. The summed E-state index contributed by atoms with van der Waals surface area (Å²) < 4.78 is 13.5. The largest absolute Gasteiger partial charge is 0.416 e. The molecule has 1 aliphatic heterocycles. The number of rotatable bonds is 6. The van der Waals surface area contributed by atoms with Gasteiger partial charge in [-0.1, -0.05) is 59.7 Å². The van der Waals surface area contributed by atoms with Crippen molar-refractivity contribution in [1.82, 2.24) is 5.32 Å². The molecule has 0 unspecified atom stereocenters. The van der Waals surface area contributed by atoms with Crippen LogP contribution in [0.15, 0.2) is 24.3 Å². The molecule has 1 N–H and O–H groups in total. The van der Waals surface area contributed by atoms with E-state index < -0.39 is 16.6 Å². The summed E-state index contributed by atoms with van der Waals surface area (Å²) in [6, 6.07) is 8.14. The second-order valence-corrected chi connectivity index (χ2v) is 22.0. The van der Waals surface area contributed by atoms with Crippen molar-refractivity contribution >= 4 is 22.5 Å². The molecule has 1 heterocycles. The highest BCUT2D eigenvalue weighted by atomic mass is 28.4. The molecule has 0 bridgehead atoms. The summed E-state index contributed by atoms with van der Waals surface area (Å²) in [5.41, 5.74) is 1.78. The van der Waals surface area contributed by atoms with E-state index in [9.17, 15) is 4.79 Å². The summed E-state index contributed by atoms with van der Waals surface area (Å²) >= 11 is 0. The van der Waals surface area contributed by atoms with Gasteiger partial charge in [-0.15, -0.1) is 0 Å². The highest BCUT2D eigenvalue weighted by molar-refractivity contribution is 6.74. The molecular weight excluding hydrogens is 406 g/mol. The molecule has 168 valence electrons. The summed E-state index contributed by atoms with van der Waals surface area (Å²) in [7, 11) is -3.83. The zero-order valence-electron chi connectivity index (χ0n) is 20.6. The zero-order chi connectivity index (χ0) is 22.8. The maximum Gasteiger partial charge on any atom is 0.251 e. The maximum absolute atomic E-state index is 12.8. The molecule has 4 nitrogen and oxygen atoms in total. The van der Waals surface area contributed by atoms with Gasteiger partial charge in [0.05, 0.1) is 0 Å². The minimum atomic E-state index is -1.92. The molecule has 2 aliphatic rings. The van der Waals surface area contributed by atoms with Gasteiger partial charge in [0.25, 0.3) is 5.91 Å². The fourth-order valence-electron chi connectivity index (χ4n) is 3.87. The minimum absolute atomic E-state index is 0.0355. The molecule has 30 heavy (non-hydrogen) atoms. The van der Waals surface area contributed by atoms with Gasteiger partial charge < -0.3 is 14.2 Å². The highest BCUT2D eigenvalue weighted by Crippen LogP contribution is 2.63. The Bertz CT molecular complexity index is 790. The van der Waals surface area contributed by atoms with Crippen LogP contribution in [0.1, 0.15) is 63.4 Å². The van der Waals surface area contributed by atoms with Gasteiger partial charge in [-0.05, 0) is 47.9 Å². The molecule has 1 aliphatic carbocycles. The van der Waals surface area contributed by atoms with E-state index in [4.69, 9.17) is 8.85 Å². The van der Waals surface area contributed by atoms with Crippen molar-refractivity contribution in [1.29, 1.82) is 0 Å². The summed E-state index contributed by atoms with van der Waals surface area (Å²) in [5.74, 6) is 0.300. The van der Waals surface area contributed by atoms with Gasteiger partial charge in [-0.3, -0.25) is 4.79 Å². The van der Waals surface area contributed by atoms with E-state index in [1.165, 1.54) is 0 Å². The van der Waals surface area contributed by atoms with Crippen molar-refractivity contribution in [2.45, 2.75) is 89.8 Å². The third-order valence-corrected chi connectivity index (χ3v) is 17.3. The van der Waals surface area contributed by atoms with E-state index >= 15 is 0 Å². The van der Waals surface area contributed by atoms with Crippen LogP contribution >= 0.6 is 0 Å². The molecule has 0 spiro atoms. The third-order valence-electron chi connectivity index (χ3n) is 8.31. The van der Waals surface area contributed by atoms with Crippen LogP contribution in [-0.2, 0) is 8.85 Å². The van der Waals surface area contributed by atoms with E-state index in [0.29, 0.717) is 13.2 Å². The van der Waals surface area contributed by atoms with Crippen LogP contribution in [0.4, 0.5) is 0 Å². The van der Waals surface area contributed by atoms with Gasteiger partial charge >= 0.3 is 0 Å². The van der Waals surface area contributed by atoms with Crippen molar-refractivity contribution in [2.75, 3.05) is 13.2 Å². The molecule has 1 aromatic carbocycles. The Hall–Kier alpha value is -0.956. The SMILES string of the molecule is CC(C)(C)[Si](C)(C)OCC1(CO[Si](C)(C)C(C)(C)C)[C@@H]2c3ccccc3C(=O)N[C@@H]21. The maximum atomic E-state index is 12.8. The normalized spacial score (nSPS) is 23.5. The molecule has 6 heteroatoms. The number of nitrogens with one attached hydrogen (secondary N) is 1. The minimum Gasteiger partial charge on any atom is -0.416 e. The van der Waals surface area contributed by atoms with Crippen molar-refractivity contribution in [2.24, 2.45) is 5.41 Å². The Morgan fingerprint density at radius 1 is 0.900 bits per heavy atom. The molecule has 1 aromatic rings. The molecule has 1 amide bonds. The number of amides is 1. The first-order chi connectivity index (χ1) is 13.5.